The summed E-state index contributed by atoms with van der Waals surface area (Å²) in [6.07, 6.45) is 9.17. The molecule has 0 atom stereocenters. The second-order valence-corrected chi connectivity index (χ2v) is 5.96. The lowest BCUT2D eigenvalue weighted by Crippen LogP contribution is -2.11. The van der Waals surface area contributed by atoms with Crippen molar-refractivity contribution in [3.05, 3.63) is 29.8 Å². The van der Waals surface area contributed by atoms with E-state index in [1.807, 2.05) is 12.1 Å². The summed E-state index contributed by atoms with van der Waals surface area (Å²) in [5.74, 6) is 0.891. The van der Waals surface area contributed by atoms with Crippen molar-refractivity contribution in [3.8, 4) is 5.75 Å². The first-order chi connectivity index (χ1) is 11.9. The van der Waals surface area contributed by atoms with Gasteiger partial charge >= 0.3 is 0 Å². The van der Waals surface area contributed by atoms with Crippen LogP contribution >= 0.6 is 0 Å². The van der Waals surface area contributed by atoms with E-state index in [0.29, 0.717) is 33.0 Å². The molecule has 138 valence electrons. The van der Waals surface area contributed by atoms with Crippen LogP contribution < -0.4 is 4.74 Å². The molecule has 0 aliphatic heterocycles. The van der Waals surface area contributed by atoms with Crippen LogP contribution in [0.1, 0.15) is 51.0 Å². The third kappa shape index (κ3) is 11.4. The minimum atomic E-state index is 0.0535. The molecule has 0 saturated heterocycles. The normalized spacial score (nSPS) is 10.9. The van der Waals surface area contributed by atoms with Crippen molar-refractivity contribution in [1.82, 2.24) is 0 Å². The van der Waals surface area contributed by atoms with Crippen LogP contribution in [0.2, 0.25) is 0 Å². The zero-order chi connectivity index (χ0) is 17.3. The van der Waals surface area contributed by atoms with Gasteiger partial charge in [0.2, 0.25) is 0 Å². The van der Waals surface area contributed by atoms with Crippen molar-refractivity contribution >= 4 is 0 Å². The first-order valence-corrected chi connectivity index (χ1v) is 9.35. The fraction of sp³-hybridized carbons (Fsp3) is 0.700. The van der Waals surface area contributed by atoms with E-state index >= 15 is 0 Å². The Kier molecular flexibility index (Phi) is 13.5. The lowest BCUT2D eigenvalue weighted by Gasteiger charge is -2.08. The summed E-state index contributed by atoms with van der Waals surface area (Å²) in [5.41, 5.74) is 1.38. The van der Waals surface area contributed by atoms with E-state index in [9.17, 15) is 0 Å². The Bertz CT molecular complexity index is 378. The first-order valence-electron chi connectivity index (χ1n) is 9.35. The second-order valence-electron chi connectivity index (χ2n) is 5.96. The molecule has 0 amide bonds. The molecule has 1 aromatic carbocycles. The number of ether oxygens (including phenoxy) is 3. The lowest BCUT2D eigenvalue weighted by atomic mass is 10.0. The molecule has 4 heteroatoms. The van der Waals surface area contributed by atoms with Crippen molar-refractivity contribution in [2.24, 2.45) is 0 Å². The van der Waals surface area contributed by atoms with Gasteiger partial charge in [-0.25, -0.2) is 0 Å². The number of unbranched alkanes of at least 4 members (excludes halogenated alkanes) is 5. The van der Waals surface area contributed by atoms with Crippen LogP contribution in [0.3, 0.4) is 0 Å². The van der Waals surface area contributed by atoms with Crippen LogP contribution in [0.4, 0.5) is 0 Å². The highest BCUT2D eigenvalue weighted by atomic mass is 16.5. The third-order valence-electron chi connectivity index (χ3n) is 3.85. The van der Waals surface area contributed by atoms with E-state index in [0.717, 1.165) is 12.2 Å². The largest absolute Gasteiger partial charge is 0.491 e. The van der Waals surface area contributed by atoms with Gasteiger partial charge in [0.1, 0.15) is 12.4 Å². The zero-order valence-electron chi connectivity index (χ0n) is 15.2. The molecule has 1 rings (SSSR count). The van der Waals surface area contributed by atoms with Gasteiger partial charge in [-0.2, -0.15) is 0 Å². The van der Waals surface area contributed by atoms with E-state index in [4.69, 9.17) is 19.3 Å². The van der Waals surface area contributed by atoms with Crippen LogP contribution in [0, 0.1) is 0 Å². The number of aliphatic hydroxyl groups is 1. The monoisotopic (exact) mass is 338 g/mol. The van der Waals surface area contributed by atoms with E-state index in [2.05, 4.69) is 19.1 Å². The molecule has 4 nitrogen and oxygen atoms in total. The Balaban J connectivity index is 2.01. The van der Waals surface area contributed by atoms with Gasteiger partial charge in [-0.05, 0) is 30.5 Å². The molecule has 0 radical (unpaired) electrons. The summed E-state index contributed by atoms with van der Waals surface area (Å²) in [6, 6.07) is 8.39. The molecular weight excluding hydrogens is 304 g/mol. The fourth-order valence-electron chi connectivity index (χ4n) is 2.47. The second kappa shape index (κ2) is 15.4. The maximum atomic E-state index is 8.56. The molecule has 0 bridgehead atoms. The number of aliphatic hydroxyl groups excluding tert-OH is 1. The Hall–Kier alpha value is -1.10. The van der Waals surface area contributed by atoms with Gasteiger partial charge in [0.15, 0.2) is 0 Å². The predicted octanol–water partition coefficient (Wildman–Crippen LogP) is 3.99. The van der Waals surface area contributed by atoms with Gasteiger partial charge in [0, 0.05) is 0 Å². The summed E-state index contributed by atoms with van der Waals surface area (Å²) >= 11 is 0. The predicted molar refractivity (Wildman–Crippen MR) is 97.7 cm³/mol. The van der Waals surface area contributed by atoms with Gasteiger partial charge < -0.3 is 19.3 Å². The van der Waals surface area contributed by atoms with Crippen molar-refractivity contribution in [2.75, 3.05) is 39.6 Å². The molecule has 1 aromatic rings. The maximum Gasteiger partial charge on any atom is 0.119 e. The molecule has 0 heterocycles. The quantitative estimate of drug-likeness (QED) is 0.463. The van der Waals surface area contributed by atoms with Gasteiger partial charge in [0.05, 0.1) is 33.0 Å². The van der Waals surface area contributed by atoms with Gasteiger partial charge in [-0.1, -0.05) is 51.2 Å². The lowest BCUT2D eigenvalue weighted by molar-refractivity contribution is 0.0247. The SMILES string of the molecule is CCCCCCCCc1ccc(OCCOCCOCCO)cc1. The summed E-state index contributed by atoms with van der Waals surface area (Å²) in [6.45, 7) is 4.79. The van der Waals surface area contributed by atoms with E-state index in [1.165, 1.54) is 44.1 Å². The summed E-state index contributed by atoms with van der Waals surface area (Å²) in [7, 11) is 0. The topological polar surface area (TPSA) is 47.9 Å². The molecule has 24 heavy (non-hydrogen) atoms. The summed E-state index contributed by atoms with van der Waals surface area (Å²) in [4.78, 5) is 0. The van der Waals surface area contributed by atoms with E-state index in [-0.39, 0.29) is 6.61 Å². The number of benzene rings is 1. The number of aryl methyl sites for hydroxylation is 1. The highest BCUT2D eigenvalue weighted by Crippen LogP contribution is 2.15. The summed E-state index contributed by atoms with van der Waals surface area (Å²) < 4.78 is 16.1. The van der Waals surface area contributed by atoms with Crippen LogP contribution in [-0.4, -0.2) is 44.7 Å². The number of hydrogen-bond acceptors (Lipinski definition) is 4. The van der Waals surface area contributed by atoms with Gasteiger partial charge in [-0.15, -0.1) is 0 Å². The Labute approximate surface area is 147 Å². The Morgan fingerprint density at radius 2 is 1.38 bits per heavy atom. The molecule has 1 N–H and O–H groups in total. The Morgan fingerprint density at radius 3 is 2.08 bits per heavy atom. The molecule has 0 aliphatic rings. The number of hydrogen-bond donors (Lipinski definition) is 1. The molecule has 0 aromatic heterocycles. The molecule has 0 spiro atoms. The minimum Gasteiger partial charge on any atom is -0.491 e. The molecular formula is C20H34O4. The minimum absolute atomic E-state index is 0.0535. The van der Waals surface area contributed by atoms with E-state index in [1.54, 1.807) is 0 Å². The third-order valence-corrected chi connectivity index (χ3v) is 3.85. The number of rotatable bonds is 16. The Morgan fingerprint density at radius 1 is 0.750 bits per heavy atom. The van der Waals surface area contributed by atoms with Gasteiger partial charge in [-0.3, -0.25) is 0 Å². The molecule has 0 aliphatic carbocycles. The van der Waals surface area contributed by atoms with Crippen molar-refractivity contribution in [2.45, 2.75) is 51.9 Å². The average Bonchev–Trinajstić information content (AvgIpc) is 2.61. The fourth-order valence-corrected chi connectivity index (χ4v) is 2.47. The highest BCUT2D eigenvalue weighted by molar-refractivity contribution is 5.27. The molecule has 0 saturated carbocycles. The van der Waals surface area contributed by atoms with Crippen LogP contribution in [0.5, 0.6) is 5.75 Å². The van der Waals surface area contributed by atoms with Crippen LogP contribution in [-0.2, 0) is 15.9 Å². The van der Waals surface area contributed by atoms with Crippen LogP contribution in [0.15, 0.2) is 24.3 Å². The zero-order valence-corrected chi connectivity index (χ0v) is 15.2. The maximum absolute atomic E-state index is 8.56. The van der Waals surface area contributed by atoms with E-state index < -0.39 is 0 Å². The molecule has 0 unspecified atom stereocenters. The van der Waals surface area contributed by atoms with Crippen molar-refractivity contribution in [3.63, 3.8) is 0 Å². The molecule has 0 fully saturated rings. The van der Waals surface area contributed by atoms with Crippen molar-refractivity contribution in [1.29, 1.82) is 0 Å². The standard InChI is InChI=1S/C20H34O4/c1-2-3-4-5-6-7-8-19-9-11-20(12-10-19)24-18-17-23-16-15-22-14-13-21/h9-12,21H,2-8,13-18H2,1H3. The highest BCUT2D eigenvalue weighted by Gasteiger charge is 1.97. The smallest absolute Gasteiger partial charge is 0.119 e. The first kappa shape index (κ1) is 20.9. The van der Waals surface area contributed by atoms with Crippen LogP contribution in [0.25, 0.3) is 0 Å². The van der Waals surface area contributed by atoms with Crippen molar-refractivity contribution < 1.29 is 19.3 Å². The van der Waals surface area contributed by atoms with Gasteiger partial charge in [0.25, 0.3) is 0 Å². The average molecular weight is 338 g/mol. The summed E-state index contributed by atoms with van der Waals surface area (Å²) in [5, 5.41) is 8.56.